The summed E-state index contributed by atoms with van der Waals surface area (Å²) in [5, 5.41) is 15.7. The number of benzene rings is 2. The van der Waals surface area contributed by atoms with E-state index in [-0.39, 0.29) is 23.7 Å². The van der Waals surface area contributed by atoms with Gasteiger partial charge in [0.05, 0.1) is 17.7 Å². The van der Waals surface area contributed by atoms with E-state index < -0.39 is 16.8 Å². The second-order valence-electron chi connectivity index (χ2n) is 4.54. The van der Waals surface area contributed by atoms with Crippen LogP contribution in [0.15, 0.2) is 42.5 Å². The zero-order valence-electron chi connectivity index (χ0n) is 12.2. The summed E-state index contributed by atoms with van der Waals surface area (Å²) in [4.78, 5) is 22.1. The molecule has 2 amide bonds. The second-order valence-corrected chi connectivity index (χ2v) is 4.54. The average Bonchev–Trinajstić information content (AvgIpc) is 2.54. The summed E-state index contributed by atoms with van der Waals surface area (Å²) >= 11 is 0. The van der Waals surface area contributed by atoms with E-state index in [1.165, 1.54) is 31.4 Å². The minimum atomic E-state index is -0.632. The number of nitro benzene ring substituents is 1. The van der Waals surface area contributed by atoms with Gasteiger partial charge in [0.15, 0.2) is 0 Å². The standard InChI is InChI=1S/C15H14FN3O4/c1-23-14-7-6-11(19(21)22)8-13(14)18-15(20)17-9-10-4-2-3-5-12(10)16/h2-8H,9H2,1H3,(H2,17,18,20). The average molecular weight is 319 g/mol. The maximum atomic E-state index is 13.5. The molecule has 0 aromatic heterocycles. The predicted molar refractivity (Wildman–Crippen MR) is 81.9 cm³/mol. The number of nitro groups is 1. The lowest BCUT2D eigenvalue weighted by Gasteiger charge is -2.11. The van der Waals surface area contributed by atoms with Crippen LogP contribution in [0.1, 0.15) is 5.56 Å². The van der Waals surface area contributed by atoms with Crippen LogP contribution in [0.4, 0.5) is 20.6 Å². The molecule has 0 aliphatic rings. The van der Waals surface area contributed by atoms with Crippen LogP contribution in [0.2, 0.25) is 0 Å². The molecule has 0 saturated carbocycles. The van der Waals surface area contributed by atoms with Gasteiger partial charge in [0, 0.05) is 24.2 Å². The lowest BCUT2D eigenvalue weighted by Crippen LogP contribution is -2.28. The van der Waals surface area contributed by atoms with Crippen molar-refractivity contribution in [1.82, 2.24) is 5.32 Å². The van der Waals surface area contributed by atoms with E-state index in [0.29, 0.717) is 5.56 Å². The Hall–Kier alpha value is -3.16. The number of hydrogen-bond acceptors (Lipinski definition) is 4. The third-order valence-corrected chi connectivity index (χ3v) is 3.04. The van der Waals surface area contributed by atoms with Crippen molar-refractivity contribution >= 4 is 17.4 Å². The van der Waals surface area contributed by atoms with Crippen molar-refractivity contribution in [3.05, 3.63) is 64.0 Å². The molecule has 2 N–H and O–H groups in total. The van der Waals surface area contributed by atoms with E-state index in [4.69, 9.17) is 4.74 Å². The van der Waals surface area contributed by atoms with Crippen LogP contribution < -0.4 is 15.4 Å². The minimum absolute atomic E-state index is 0.0181. The Kier molecular flexibility index (Phi) is 5.08. The van der Waals surface area contributed by atoms with Crippen molar-refractivity contribution in [2.45, 2.75) is 6.54 Å². The minimum Gasteiger partial charge on any atom is -0.495 e. The molecule has 0 atom stereocenters. The monoisotopic (exact) mass is 319 g/mol. The predicted octanol–water partition coefficient (Wildman–Crippen LogP) is 3.06. The first-order chi connectivity index (χ1) is 11.0. The third kappa shape index (κ3) is 4.16. The summed E-state index contributed by atoms with van der Waals surface area (Å²) < 4.78 is 18.5. The summed E-state index contributed by atoms with van der Waals surface area (Å²) in [6.45, 7) is -0.0181. The highest BCUT2D eigenvalue weighted by Gasteiger charge is 2.13. The van der Waals surface area contributed by atoms with E-state index in [1.54, 1.807) is 18.2 Å². The number of halogens is 1. The maximum absolute atomic E-state index is 13.5. The molecule has 0 aliphatic heterocycles. The van der Waals surface area contributed by atoms with Gasteiger partial charge in [0.2, 0.25) is 0 Å². The molecule has 23 heavy (non-hydrogen) atoms. The summed E-state index contributed by atoms with van der Waals surface area (Å²) in [6.07, 6.45) is 0. The molecular weight excluding hydrogens is 305 g/mol. The number of non-ortho nitro benzene ring substituents is 1. The Labute approximate surface area is 131 Å². The Morgan fingerprint density at radius 3 is 2.70 bits per heavy atom. The van der Waals surface area contributed by atoms with Gasteiger partial charge >= 0.3 is 6.03 Å². The Morgan fingerprint density at radius 2 is 2.04 bits per heavy atom. The number of hydrogen-bond donors (Lipinski definition) is 2. The Morgan fingerprint density at radius 1 is 1.30 bits per heavy atom. The highest BCUT2D eigenvalue weighted by atomic mass is 19.1. The van der Waals surface area contributed by atoms with E-state index in [0.717, 1.165) is 0 Å². The molecule has 0 unspecified atom stereocenters. The highest BCUT2D eigenvalue weighted by molar-refractivity contribution is 5.91. The zero-order valence-corrected chi connectivity index (χ0v) is 12.2. The zero-order chi connectivity index (χ0) is 16.8. The number of rotatable bonds is 5. The first-order valence-electron chi connectivity index (χ1n) is 6.62. The van der Waals surface area contributed by atoms with Crippen molar-refractivity contribution in [2.24, 2.45) is 0 Å². The third-order valence-electron chi connectivity index (χ3n) is 3.04. The molecule has 0 spiro atoms. The fourth-order valence-corrected chi connectivity index (χ4v) is 1.89. The number of nitrogens with zero attached hydrogens (tertiary/aromatic N) is 1. The number of carbonyl (C=O) groups excluding carboxylic acids is 1. The second kappa shape index (κ2) is 7.21. The number of carbonyl (C=O) groups is 1. The number of methoxy groups -OCH3 is 1. The van der Waals surface area contributed by atoms with E-state index in [2.05, 4.69) is 10.6 Å². The van der Waals surface area contributed by atoms with Gasteiger partial charge in [-0.05, 0) is 12.1 Å². The fourth-order valence-electron chi connectivity index (χ4n) is 1.89. The van der Waals surface area contributed by atoms with Crippen LogP contribution >= 0.6 is 0 Å². The number of urea groups is 1. The maximum Gasteiger partial charge on any atom is 0.319 e. The van der Waals surface area contributed by atoms with Crippen molar-refractivity contribution in [2.75, 3.05) is 12.4 Å². The van der Waals surface area contributed by atoms with Crippen LogP contribution in [0, 0.1) is 15.9 Å². The lowest BCUT2D eigenvalue weighted by atomic mass is 10.2. The lowest BCUT2D eigenvalue weighted by molar-refractivity contribution is -0.384. The van der Waals surface area contributed by atoms with Gasteiger partial charge in [-0.2, -0.15) is 0 Å². The summed E-state index contributed by atoms with van der Waals surface area (Å²) in [7, 11) is 1.38. The van der Waals surface area contributed by atoms with Gasteiger partial charge < -0.3 is 15.4 Å². The topological polar surface area (TPSA) is 93.5 Å². The van der Waals surface area contributed by atoms with Gasteiger partial charge in [-0.3, -0.25) is 10.1 Å². The number of nitrogens with one attached hydrogen (secondary N) is 2. The van der Waals surface area contributed by atoms with Crippen molar-refractivity contribution < 1.29 is 18.8 Å². The molecule has 8 heteroatoms. The van der Waals surface area contributed by atoms with Crippen LogP contribution in [0.25, 0.3) is 0 Å². The van der Waals surface area contributed by atoms with Crippen LogP contribution in [0.3, 0.4) is 0 Å². The number of ether oxygens (including phenoxy) is 1. The van der Waals surface area contributed by atoms with E-state index >= 15 is 0 Å². The first-order valence-corrected chi connectivity index (χ1v) is 6.62. The molecular formula is C15H14FN3O4. The fraction of sp³-hybridized carbons (Fsp3) is 0.133. The SMILES string of the molecule is COc1ccc([N+](=O)[O-])cc1NC(=O)NCc1ccccc1F. The highest BCUT2D eigenvalue weighted by Crippen LogP contribution is 2.28. The number of amides is 2. The molecule has 0 heterocycles. The van der Waals surface area contributed by atoms with Gasteiger partial charge in [0.1, 0.15) is 11.6 Å². The van der Waals surface area contributed by atoms with Crippen molar-refractivity contribution in [3.63, 3.8) is 0 Å². The molecule has 0 fully saturated rings. The normalized spacial score (nSPS) is 10.0. The van der Waals surface area contributed by atoms with E-state index in [1.807, 2.05) is 0 Å². The molecule has 7 nitrogen and oxygen atoms in total. The molecule has 0 bridgehead atoms. The molecule has 2 aromatic rings. The molecule has 0 aliphatic carbocycles. The van der Waals surface area contributed by atoms with Crippen LogP contribution in [-0.2, 0) is 6.54 Å². The van der Waals surface area contributed by atoms with E-state index in [9.17, 15) is 19.3 Å². The Balaban J connectivity index is 2.06. The van der Waals surface area contributed by atoms with Gasteiger partial charge in [-0.1, -0.05) is 18.2 Å². The molecule has 2 aromatic carbocycles. The Bertz CT molecular complexity index is 736. The smallest absolute Gasteiger partial charge is 0.319 e. The summed E-state index contributed by atoms with van der Waals surface area (Å²) in [6, 6.07) is 9.23. The molecule has 2 rings (SSSR count). The molecule has 120 valence electrons. The van der Waals surface area contributed by atoms with Gasteiger partial charge in [-0.25, -0.2) is 9.18 Å². The number of anilines is 1. The summed E-state index contributed by atoms with van der Waals surface area (Å²) in [5.74, 6) is -0.155. The van der Waals surface area contributed by atoms with Crippen LogP contribution in [-0.4, -0.2) is 18.1 Å². The van der Waals surface area contributed by atoms with Crippen LogP contribution in [0.5, 0.6) is 5.75 Å². The summed E-state index contributed by atoms with van der Waals surface area (Å²) in [5.41, 5.74) is 0.289. The largest absolute Gasteiger partial charge is 0.495 e. The van der Waals surface area contributed by atoms with Crippen molar-refractivity contribution in [1.29, 1.82) is 0 Å². The first kappa shape index (κ1) is 16.2. The molecule has 0 radical (unpaired) electrons. The van der Waals surface area contributed by atoms with Gasteiger partial charge in [0.25, 0.3) is 5.69 Å². The quantitative estimate of drug-likeness (QED) is 0.654. The van der Waals surface area contributed by atoms with Gasteiger partial charge in [-0.15, -0.1) is 0 Å². The van der Waals surface area contributed by atoms with Crippen molar-refractivity contribution in [3.8, 4) is 5.75 Å². The molecule has 0 saturated heterocycles.